The van der Waals surface area contributed by atoms with Crippen molar-refractivity contribution in [3.63, 3.8) is 0 Å². The summed E-state index contributed by atoms with van der Waals surface area (Å²) in [6.45, 7) is 2.07. The fraction of sp³-hybridized carbons (Fsp3) is 0.385. The molecular formula is C13H16ClFN4S. The lowest BCUT2D eigenvalue weighted by molar-refractivity contribution is 0.531. The normalized spacial score (nSPS) is 12.6. The van der Waals surface area contributed by atoms with E-state index in [9.17, 15) is 4.39 Å². The van der Waals surface area contributed by atoms with Crippen molar-refractivity contribution in [2.45, 2.75) is 32.2 Å². The van der Waals surface area contributed by atoms with Crippen LogP contribution in [0.4, 0.5) is 4.39 Å². The van der Waals surface area contributed by atoms with Crippen molar-refractivity contribution in [1.82, 2.24) is 15.0 Å². The summed E-state index contributed by atoms with van der Waals surface area (Å²) in [7, 11) is 0. The molecule has 0 aliphatic heterocycles. The van der Waals surface area contributed by atoms with Crippen LogP contribution in [-0.2, 0) is 12.8 Å². The molecule has 0 saturated carbocycles. The Labute approximate surface area is 126 Å². The molecule has 1 heterocycles. The number of nitrogens with one attached hydrogen (secondary N) is 1. The highest BCUT2D eigenvalue weighted by atomic mass is 35.5. The molecule has 20 heavy (non-hydrogen) atoms. The van der Waals surface area contributed by atoms with Gasteiger partial charge in [0.25, 0.3) is 0 Å². The van der Waals surface area contributed by atoms with Crippen LogP contribution in [0.25, 0.3) is 0 Å². The second kappa shape index (κ2) is 7.08. The number of hydrogen-bond donors (Lipinski definition) is 2. The highest BCUT2D eigenvalue weighted by Gasteiger charge is 2.20. The third-order valence-electron chi connectivity index (χ3n) is 3.05. The van der Waals surface area contributed by atoms with E-state index in [0.29, 0.717) is 12.0 Å². The average molecular weight is 315 g/mol. The minimum Gasteiger partial charge on any atom is -0.271 e. The number of halogens is 2. The van der Waals surface area contributed by atoms with Crippen molar-refractivity contribution in [1.29, 1.82) is 0 Å². The number of hydrazine groups is 1. The molecule has 0 aliphatic carbocycles. The average Bonchev–Trinajstić information content (AvgIpc) is 2.89. The van der Waals surface area contributed by atoms with Crippen LogP contribution in [0.3, 0.4) is 0 Å². The molecule has 0 spiro atoms. The highest BCUT2D eigenvalue weighted by molar-refractivity contribution is 7.05. The lowest BCUT2D eigenvalue weighted by Crippen LogP contribution is -2.30. The molecule has 108 valence electrons. The lowest BCUT2D eigenvalue weighted by atomic mass is 10.0. The van der Waals surface area contributed by atoms with Crippen molar-refractivity contribution in [3.05, 3.63) is 45.2 Å². The summed E-state index contributed by atoms with van der Waals surface area (Å²) in [6.07, 6.45) is 2.22. The summed E-state index contributed by atoms with van der Waals surface area (Å²) in [4.78, 5) is 0.953. The van der Waals surface area contributed by atoms with Crippen molar-refractivity contribution in [2.75, 3.05) is 0 Å². The van der Waals surface area contributed by atoms with Gasteiger partial charge in [-0.15, -0.1) is 5.10 Å². The van der Waals surface area contributed by atoms with Crippen molar-refractivity contribution in [2.24, 2.45) is 5.84 Å². The maximum Gasteiger partial charge on any atom is 0.145 e. The Balaban J connectivity index is 2.24. The van der Waals surface area contributed by atoms with Gasteiger partial charge in [0.1, 0.15) is 5.82 Å². The lowest BCUT2D eigenvalue weighted by Gasteiger charge is -2.15. The zero-order valence-electron chi connectivity index (χ0n) is 11.1. The van der Waals surface area contributed by atoms with Crippen molar-refractivity contribution < 1.29 is 4.39 Å². The van der Waals surface area contributed by atoms with Crippen LogP contribution >= 0.6 is 23.1 Å². The maximum absolute atomic E-state index is 14.0. The zero-order valence-corrected chi connectivity index (χ0v) is 12.6. The second-order valence-corrected chi connectivity index (χ2v) is 5.66. The van der Waals surface area contributed by atoms with Crippen LogP contribution in [0.2, 0.25) is 5.02 Å². The molecule has 0 fully saturated rings. The van der Waals surface area contributed by atoms with Gasteiger partial charge in [-0.1, -0.05) is 41.6 Å². The second-order valence-electron chi connectivity index (χ2n) is 4.47. The maximum atomic E-state index is 14.0. The van der Waals surface area contributed by atoms with E-state index in [1.807, 2.05) is 0 Å². The highest BCUT2D eigenvalue weighted by Crippen LogP contribution is 2.27. The van der Waals surface area contributed by atoms with E-state index in [-0.39, 0.29) is 11.1 Å². The van der Waals surface area contributed by atoms with Crippen LogP contribution in [0.1, 0.15) is 35.5 Å². The summed E-state index contributed by atoms with van der Waals surface area (Å²) in [6, 6.07) is 4.75. The summed E-state index contributed by atoms with van der Waals surface area (Å²) in [5, 5.41) is 4.23. The van der Waals surface area contributed by atoms with E-state index >= 15 is 0 Å². The molecule has 0 saturated heterocycles. The summed E-state index contributed by atoms with van der Waals surface area (Å²) >= 11 is 7.09. The molecule has 1 aromatic carbocycles. The Hall–Kier alpha value is -1.08. The molecule has 0 bridgehead atoms. The number of hydrogen-bond acceptors (Lipinski definition) is 5. The number of benzene rings is 1. The van der Waals surface area contributed by atoms with E-state index in [1.165, 1.54) is 17.6 Å². The van der Waals surface area contributed by atoms with E-state index < -0.39 is 5.82 Å². The monoisotopic (exact) mass is 314 g/mol. The van der Waals surface area contributed by atoms with Crippen LogP contribution in [0.5, 0.6) is 0 Å². The summed E-state index contributed by atoms with van der Waals surface area (Å²) in [5.41, 5.74) is 4.16. The first-order valence-corrected chi connectivity index (χ1v) is 7.52. The summed E-state index contributed by atoms with van der Waals surface area (Å²) in [5.74, 6) is 5.21. The SMILES string of the molecule is CCCc1nnsc1C(Cc1cccc(Cl)c1F)NN. The Morgan fingerprint density at radius 2 is 2.30 bits per heavy atom. The van der Waals surface area contributed by atoms with Gasteiger partial charge in [-0.2, -0.15) is 0 Å². The molecule has 7 heteroatoms. The number of aromatic nitrogens is 2. The Morgan fingerprint density at radius 1 is 1.50 bits per heavy atom. The largest absolute Gasteiger partial charge is 0.271 e. The van der Waals surface area contributed by atoms with Gasteiger partial charge in [0.05, 0.1) is 21.6 Å². The number of rotatable bonds is 6. The minimum absolute atomic E-state index is 0.120. The first kappa shape index (κ1) is 15.3. The topological polar surface area (TPSA) is 63.8 Å². The third kappa shape index (κ3) is 3.32. The van der Waals surface area contributed by atoms with E-state index in [0.717, 1.165) is 23.4 Å². The van der Waals surface area contributed by atoms with Crippen LogP contribution < -0.4 is 11.3 Å². The van der Waals surface area contributed by atoms with Crippen LogP contribution in [0.15, 0.2) is 18.2 Å². The van der Waals surface area contributed by atoms with Gasteiger partial charge in [-0.3, -0.25) is 11.3 Å². The molecule has 3 N–H and O–H groups in total. The smallest absolute Gasteiger partial charge is 0.145 e. The van der Waals surface area contributed by atoms with Gasteiger partial charge in [0.15, 0.2) is 0 Å². The molecule has 0 radical (unpaired) electrons. The van der Waals surface area contributed by atoms with Gasteiger partial charge in [0, 0.05) is 0 Å². The summed E-state index contributed by atoms with van der Waals surface area (Å²) < 4.78 is 17.9. The van der Waals surface area contributed by atoms with Gasteiger partial charge >= 0.3 is 0 Å². The fourth-order valence-electron chi connectivity index (χ4n) is 2.04. The molecule has 1 unspecified atom stereocenters. The fourth-order valence-corrected chi connectivity index (χ4v) is 2.99. The molecule has 1 atom stereocenters. The minimum atomic E-state index is -0.399. The molecule has 1 aromatic heterocycles. The van der Waals surface area contributed by atoms with Crippen LogP contribution in [0, 0.1) is 5.82 Å². The standard InChI is InChI=1S/C13H16ClFN4S/c1-2-4-10-13(20-19-18-10)11(17-16)7-8-5-3-6-9(14)12(8)15/h3,5-6,11,17H,2,4,7,16H2,1H3. The van der Waals surface area contributed by atoms with Crippen molar-refractivity contribution in [3.8, 4) is 0 Å². The molecule has 0 amide bonds. The van der Waals surface area contributed by atoms with Crippen molar-refractivity contribution >= 4 is 23.1 Å². The van der Waals surface area contributed by atoms with Gasteiger partial charge < -0.3 is 0 Å². The number of nitrogens with two attached hydrogens (primary N) is 1. The van der Waals surface area contributed by atoms with E-state index in [1.54, 1.807) is 12.1 Å². The molecular weight excluding hydrogens is 299 g/mol. The zero-order chi connectivity index (χ0) is 14.5. The Morgan fingerprint density at radius 3 is 3.00 bits per heavy atom. The van der Waals surface area contributed by atoms with E-state index in [2.05, 4.69) is 21.9 Å². The molecule has 2 rings (SSSR count). The van der Waals surface area contributed by atoms with E-state index in [4.69, 9.17) is 17.4 Å². The van der Waals surface area contributed by atoms with Gasteiger partial charge in [-0.25, -0.2) is 4.39 Å². The number of aryl methyl sites for hydroxylation is 1. The predicted octanol–water partition coefficient (Wildman–Crippen LogP) is 3.03. The van der Waals surface area contributed by atoms with Crippen LogP contribution in [-0.4, -0.2) is 9.59 Å². The molecule has 4 nitrogen and oxygen atoms in total. The molecule has 2 aromatic rings. The Kier molecular flexibility index (Phi) is 5.42. The number of nitrogens with zero attached hydrogens (tertiary/aromatic N) is 2. The predicted molar refractivity (Wildman–Crippen MR) is 79.1 cm³/mol. The first-order valence-electron chi connectivity index (χ1n) is 6.37. The Bertz CT molecular complexity index is 575. The van der Waals surface area contributed by atoms with Gasteiger partial charge in [-0.05, 0) is 36.0 Å². The van der Waals surface area contributed by atoms with Gasteiger partial charge in [0.2, 0.25) is 0 Å². The quantitative estimate of drug-likeness (QED) is 0.635. The third-order valence-corrected chi connectivity index (χ3v) is 4.22. The first-order chi connectivity index (χ1) is 9.67. The molecule has 0 aliphatic rings.